The first-order chi connectivity index (χ1) is 10.5. The summed E-state index contributed by atoms with van der Waals surface area (Å²) in [6.45, 7) is 3.19. The molecule has 0 radical (unpaired) electrons. The van der Waals surface area contributed by atoms with E-state index in [0.717, 1.165) is 5.56 Å². The molecule has 1 fully saturated rings. The van der Waals surface area contributed by atoms with Crippen molar-refractivity contribution in [3.8, 4) is 0 Å². The molecule has 118 valence electrons. The van der Waals surface area contributed by atoms with Gasteiger partial charge in [-0.15, -0.1) is 0 Å². The minimum Gasteiger partial charge on any atom is -0.326 e. The van der Waals surface area contributed by atoms with Crippen LogP contribution < -0.4 is 5.73 Å². The lowest BCUT2D eigenvalue weighted by atomic mass is 9.95. The van der Waals surface area contributed by atoms with Gasteiger partial charge in [-0.05, 0) is 12.5 Å². The molecule has 0 amide bonds. The van der Waals surface area contributed by atoms with Gasteiger partial charge in [0.15, 0.2) is 5.03 Å². The standard InChI is InChI=1S/C15H20N4O2S/c1-2-18-11-17-8-15(18)22(20,21)19-9-13(14(16)10-19)12-6-4-3-5-7-12/h3-8,11,13-14H,2,9-10,16H2,1H3/t13-,14+/m0/s1. The van der Waals surface area contributed by atoms with Gasteiger partial charge < -0.3 is 10.3 Å². The second-order valence-corrected chi connectivity index (χ2v) is 7.41. The molecule has 2 atom stereocenters. The number of imidazole rings is 1. The summed E-state index contributed by atoms with van der Waals surface area (Å²) < 4.78 is 28.7. The van der Waals surface area contributed by atoms with E-state index in [9.17, 15) is 8.42 Å². The van der Waals surface area contributed by atoms with E-state index in [1.54, 1.807) is 4.57 Å². The number of sulfonamides is 1. The van der Waals surface area contributed by atoms with Gasteiger partial charge >= 0.3 is 0 Å². The lowest BCUT2D eigenvalue weighted by Gasteiger charge is -2.17. The van der Waals surface area contributed by atoms with Crippen LogP contribution in [0.15, 0.2) is 47.9 Å². The van der Waals surface area contributed by atoms with Gasteiger partial charge in [0.05, 0.1) is 12.5 Å². The Balaban J connectivity index is 1.88. The molecule has 2 N–H and O–H groups in total. The zero-order valence-corrected chi connectivity index (χ0v) is 13.3. The zero-order valence-electron chi connectivity index (χ0n) is 12.5. The summed E-state index contributed by atoms with van der Waals surface area (Å²) in [7, 11) is -3.56. The number of aromatic nitrogens is 2. The number of hydrogen-bond donors (Lipinski definition) is 1. The Kier molecular flexibility index (Phi) is 4.03. The minimum atomic E-state index is -3.56. The van der Waals surface area contributed by atoms with Gasteiger partial charge in [0.2, 0.25) is 0 Å². The second-order valence-electron chi connectivity index (χ2n) is 5.52. The van der Waals surface area contributed by atoms with Gasteiger partial charge in [-0.2, -0.15) is 4.31 Å². The summed E-state index contributed by atoms with van der Waals surface area (Å²) in [6, 6.07) is 9.64. The van der Waals surface area contributed by atoms with E-state index in [1.165, 1.54) is 16.8 Å². The van der Waals surface area contributed by atoms with Gasteiger partial charge in [-0.1, -0.05) is 30.3 Å². The molecule has 22 heavy (non-hydrogen) atoms. The van der Waals surface area contributed by atoms with E-state index >= 15 is 0 Å². The van der Waals surface area contributed by atoms with Crippen molar-refractivity contribution >= 4 is 10.0 Å². The highest BCUT2D eigenvalue weighted by Gasteiger charge is 2.39. The smallest absolute Gasteiger partial charge is 0.260 e. The largest absolute Gasteiger partial charge is 0.326 e. The SMILES string of the molecule is CCn1cncc1S(=O)(=O)N1C[C@@H](N)[C@H](c2ccccc2)C1. The number of aryl methyl sites for hydroxylation is 1. The Labute approximate surface area is 130 Å². The van der Waals surface area contributed by atoms with Gasteiger partial charge in [0.25, 0.3) is 10.0 Å². The topological polar surface area (TPSA) is 81.2 Å². The predicted molar refractivity (Wildman–Crippen MR) is 83.8 cm³/mol. The number of benzene rings is 1. The Morgan fingerprint density at radius 3 is 2.68 bits per heavy atom. The highest BCUT2D eigenvalue weighted by molar-refractivity contribution is 7.89. The lowest BCUT2D eigenvalue weighted by Crippen LogP contribution is -2.33. The van der Waals surface area contributed by atoms with Crippen LogP contribution in [0.1, 0.15) is 18.4 Å². The van der Waals surface area contributed by atoms with Crippen molar-refractivity contribution in [2.75, 3.05) is 13.1 Å². The first kappa shape index (κ1) is 15.2. The fraction of sp³-hybridized carbons (Fsp3) is 0.400. The summed E-state index contributed by atoms with van der Waals surface area (Å²) in [4.78, 5) is 3.95. The molecule has 0 spiro atoms. The van der Waals surface area contributed by atoms with Crippen LogP contribution in [0.25, 0.3) is 0 Å². The average molecular weight is 320 g/mol. The Morgan fingerprint density at radius 2 is 2.00 bits per heavy atom. The third-order valence-corrected chi connectivity index (χ3v) is 6.02. The third-order valence-electron chi connectivity index (χ3n) is 4.18. The van der Waals surface area contributed by atoms with Crippen molar-refractivity contribution in [2.45, 2.75) is 30.5 Å². The minimum absolute atomic E-state index is 0.0222. The predicted octanol–water partition coefficient (Wildman–Crippen LogP) is 1.02. The van der Waals surface area contributed by atoms with E-state index < -0.39 is 10.0 Å². The summed E-state index contributed by atoms with van der Waals surface area (Å²) in [5.41, 5.74) is 7.27. The maximum absolute atomic E-state index is 12.8. The van der Waals surface area contributed by atoms with E-state index in [4.69, 9.17) is 5.73 Å². The molecule has 2 heterocycles. The number of hydrogen-bond acceptors (Lipinski definition) is 4. The van der Waals surface area contributed by atoms with Gasteiger partial charge in [0.1, 0.15) is 0 Å². The van der Waals surface area contributed by atoms with Gasteiger partial charge in [0, 0.05) is 31.6 Å². The third kappa shape index (κ3) is 2.55. The van der Waals surface area contributed by atoms with Crippen molar-refractivity contribution in [3.05, 3.63) is 48.4 Å². The highest BCUT2D eigenvalue weighted by atomic mass is 32.2. The van der Waals surface area contributed by atoms with Crippen LogP contribution in [0.2, 0.25) is 0 Å². The van der Waals surface area contributed by atoms with Crippen molar-refractivity contribution in [1.29, 1.82) is 0 Å². The molecule has 1 aliphatic rings. The Morgan fingerprint density at radius 1 is 1.27 bits per heavy atom. The molecule has 1 aromatic carbocycles. The quantitative estimate of drug-likeness (QED) is 0.912. The molecular formula is C15H20N4O2S. The Bertz CT molecular complexity index is 742. The molecule has 0 saturated carbocycles. The number of nitrogens with zero attached hydrogens (tertiary/aromatic N) is 3. The van der Waals surface area contributed by atoms with Gasteiger partial charge in [-0.3, -0.25) is 0 Å². The summed E-state index contributed by atoms with van der Waals surface area (Å²) in [6.07, 6.45) is 2.94. The van der Waals surface area contributed by atoms with Gasteiger partial charge in [-0.25, -0.2) is 13.4 Å². The molecule has 1 aliphatic heterocycles. The maximum Gasteiger partial charge on any atom is 0.260 e. The molecule has 0 bridgehead atoms. The number of rotatable bonds is 4. The summed E-state index contributed by atoms with van der Waals surface area (Å²) in [5, 5.41) is 0.232. The van der Waals surface area contributed by atoms with E-state index in [1.807, 2.05) is 37.3 Å². The van der Waals surface area contributed by atoms with E-state index in [2.05, 4.69) is 4.98 Å². The highest BCUT2D eigenvalue weighted by Crippen LogP contribution is 2.30. The van der Waals surface area contributed by atoms with Crippen molar-refractivity contribution in [1.82, 2.24) is 13.9 Å². The molecule has 3 rings (SSSR count). The van der Waals surface area contributed by atoms with Crippen LogP contribution in [0.3, 0.4) is 0 Å². The van der Waals surface area contributed by atoms with Crippen LogP contribution in [0.4, 0.5) is 0 Å². The van der Waals surface area contributed by atoms with Crippen LogP contribution in [-0.4, -0.2) is 41.4 Å². The molecule has 7 heteroatoms. The lowest BCUT2D eigenvalue weighted by molar-refractivity contribution is 0.461. The summed E-state index contributed by atoms with van der Waals surface area (Å²) in [5.74, 6) is 0.0222. The normalized spacial score (nSPS) is 23.0. The first-order valence-corrected chi connectivity index (χ1v) is 8.79. The molecular weight excluding hydrogens is 300 g/mol. The van der Waals surface area contributed by atoms with Crippen LogP contribution in [0, 0.1) is 0 Å². The fourth-order valence-corrected chi connectivity index (χ4v) is 4.59. The molecule has 6 nitrogen and oxygen atoms in total. The maximum atomic E-state index is 12.8. The van der Waals surface area contributed by atoms with E-state index in [0.29, 0.717) is 19.6 Å². The second kappa shape index (κ2) is 5.83. The van der Waals surface area contributed by atoms with Crippen molar-refractivity contribution < 1.29 is 8.42 Å². The van der Waals surface area contributed by atoms with Crippen molar-refractivity contribution in [2.24, 2.45) is 5.73 Å². The molecule has 2 aromatic rings. The molecule has 1 saturated heterocycles. The van der Waals surface area contributed by atoms with Crippen LogP contribution >= 0.6 is 0 Å². The number of nitrogens with two attached hydrogens (primary N) is 1. The zero-order chi connectivity index (χ0) is 15.7. The Hall–Kier alpha value is -1.70. The molecule has 1 aromatic heterocycles. The van der Waals surface area contributed by atoms with E-state index in [-0.39, 0.29) is 17.0 Å². The van der Waals surface area contributed by atoms with Crippen LogP contribution in [-0.2, 0) is 16.6 Å². The fourth-order valence-electron chi connectivity index (χ4n) is 2.93. The average Bonchev–Trinajstić information content (AvgIpc) is 3.15. The summed E-state index contributed by atoms with van der Waals surface area (Å²) >= 11 is 0. The first-order valence-electron chi connectivity index (χ1n) is 7.35. The molecule has 0 unspecified atom stereocenters. The van der Waals surface area contributed by atoms with Crippen molar-refractivity contribution in [3.63, 3.8) is 0 Å². The van der Waals surface area contributed by atoms with Crippen LogP contribution in [0.5, 0.6) is 0 Å². The molecule has 0 aliphatic carbocycles. The monoisotopic (exact) mass is 320 g/mol.